The molecule has 0 radical (unpaired) electrons. The molecule has 0 saturated carbocycles. The zero-order valence-corrected chi connectivity index (χ0v) is 11.0. The molecule has 3 N–H and O–H groups in total. The van der Waals surface area contributed by atoms with Gasteiger partial charge in [0.15, 0.2) is 15.7 Å². The zero-order chi connectivity index (χ0) is 13.2. The first kappa shape index (κ1) is 12.8. The highest BCUT2D eigenvalue weighted by atomic mass is 32.2. The van der Waals surface area contributed by atoms with Gasteiger partial charge >= 0.3 is 0 Å². The first-order chi connectivity index (χ1) is 8.48. The summed E-state index contributed by atoms with van der Waals surface area (Å²) in [6, 6.07) is 8.95. The predicted molar refractivity (Wildman–Crippen MR) is 70.3 cm³/mol. The topological polar surface area (TPSA) is 93.8 Å². The first-order valence-corrected chi connectivity index (χ1v) is 7.36. The average molecular weight is 284 g/mol. The molecule has 0 aliphatic carbocycles. The lowest BCUT2D eigenvalue weighted by Gasteiger charge is -2.03. The fourth-order valence-electron chi connectivity index (χ4n) is 1.52. The van der Waals surface area contributed by atoms with Crippen LogP contribution in [0.4, 0.5) is 0 Å². The molecule has 1 heterocycles. The normalized spacial score (nSPS) is 11.6. The largest absolute Gasteiger partial charge is 0.335 e. The Morgan fingerprint density at radius 1 is 1.28 bits per heavy atom. The number of aromatic nitrogens is 3. The Hall–Kier alpha value is -1.67. The third-order valence-corrected chi connectivity index (χ3v) is 4.12. The number of hydrogen-bond acceptors (Lipinski definition) is 5. The molecular formula is C10H12N4O2S2. The summed E-state index contributed by atoms with van der Waals surface area (Å²) in [5, 5.41) is 6.23. The smallest absolute Gasteiger partial charge is 0.214 e. The molecule has 0 bridgehead atoms. The first-order valence-electron chi connectivity index (χ1n) is 5.14. The molecule has 0 amide bonds. The van der Waals surface area contributed by atoms with Crippen molar-refractivity contribution >= 4 is 22.1 Å². The van der Waals surface area contributed by atoms with Gasteiger partial charge in [0.05, 0.1) is 5.75 Å². The minimum absolute atomic E-state index is 0.0482. The Balaban J connectivity index is 2.18. The summed E-state index contributed by atoms with van der Waals surface area (Å²) < 4.78 is 25.2. The summed E-state index contributed by atoms with van der Waals surface area (Å²) in [6.07, 6.45) is 0. The number of nitrogens with one attached hydrogen (secondary N) is 1. The van der Waals surface area contributed by atoms with Gasteiger partial charge < -0.3 is 5.84 Å². The molecule has 0 saturated heterocycles. The van der Waals surface area contributed by atoms with Gasteiger partial charge in [-0.15, -0.1) is 0 Å². The van der Waals surface area contributed by atoms with E-state index in [-0.39, 0.29) is 22.1 Å². The lowest BCUT2D eigenvalue weighted by molar-refractivity contribution is 0.592. The number of H-pyrrole nitrogens is 1. The molecular weight excluding hydrogens is 272 g/mol. The molecule has 0 unspecified atom stereocenters. The Bertz CT molecular complexity index is 688. The van der Waals surface area contributed by atoms with Crippen LogP contribution in [-0.2, 0) is 21.3 Å². The summed E-state index contributed by atoms with van der Waals surface area (Å²) in [5.41, 5.74) is 0.732. The maximum Gasteiger partial charge on any atom is 0.214 e. The maximum absolute atomic E-state index is 12.0. The van der Waals surface area contributed by atoms with E-state index in [1.54, 1.807) is 24.3 Å². The van der Waals surface area contributed by atoms with E-state index in [1.165, 1.54) is 0 Å². The lowest BCUT2D eigenvalue weighted by atomic mass is 10.2. The van der Waals surface area contributed by atoms with E-state index in [9.17, 15) is 8.42 Å². The van der Waals surface area contributed by atoms with Crippen molar-refractivity contribution in [3.05, 3.63) is 46.5 Å². The van der Waals surface area contributed by atoms with Gasteiger partial charge in [0.25, 0.3) is 0 Å². The molecule has 0 fully saturated rings. The van der Waals surface area contributed by atoms with Gasteiger partial charge in [-0.1, -0.05) is 30.3 Å². The summed E-state index contributed by atoms with van der Waals surface area (Å²) >= 11 is 4.82. The molecule has 0 aliphatic rings. The van der Waals surface area contributed by atoms with Gasteiger partial charge in [-0.05, 0) is 17.8 Å². The van der Waals surface area contributed by atoms with Gasteiger partial charge in [0.2, 0.25) is 4.77 Å². The van der Waals surface area contributed by atoms with Crippen molar-refractivity contribution in [2.45, 2.75) is 11.5 Å². The number of sulfone groups is 1. The van der Waals surface area contributed by atoms with Gasteiger partial charge in [0, 0.05) is 0 Å². The molecule has 1 aromatic carbocycles. The molecule has 0 atom stereocenters. The molecule has 1 aromatic heterocycles. The van der Waals surface area contributed by atoms with Crippen LogP contribution in [0.25, 0.3) is 0 Å². The molecule has 2 rings (SSSR count). The summed E-state index contributed by atoms with van der Waals surface area (Å²) in [5.74, 6) is 5.47. The third-order valence-electron chi connectivity index (χ3n) is 2.36. The Morgan fingerprint density at radius 2 is 1.94 bits per heavy atom. The zero-order valence-electron chi connectivity index (χ0n) is 9.41. The number of aromatic amines is 1. The van der Waals surface area contributed by atoms with Crippen molar-refractivity contribution in [2.75, 3.05) is 5.84 Å². The molecule has 8 heteroatoms. The molecule has 18 heavy (non-hydrogen) atoms. The number of nitrogen functional groups attached to an aromatic ring is 1. The van der Waals surface area contributed by atoms with Gasteiger partial charge in [-0.25, -0.2) is 13.1 Å². The number of nitrogens with two attached hydrogens (primary N) is 1. The van der Waals surface area contributed by atoms with E-state index < -0.39 is 9.84 Å². The molecule has 2 aromatic rings. The highest BCUT2D eigenvalue weighted by molar-refractivity contribution is 7.89. The third kappa shape index (κ3) is 2.96. The highest BCUT2D eigenvalue weighted by Crippen LogP contribution is 2.10. The number of nitrogens with zero attached hydrogens (tertiary/aromatic N) is 2. The van der Waals surface area contributed by atoms with Crippen LogP contribution < -0.4 is 5.84 Å². The highest BCUT2D eigenvalue weighted by Gasteiger charge is 2.17. The summed E-state index contributed by atoms with van der Waals surface area (Å²) in [7, 11) is -3.33. The fraction of sp³-hybridized carbons (Fsp3) is 0.200. The van der Waals surface area contributed by atoms with E-state index >= 15 is 0 Å². The lowest BCUT2D eigenvalue weighted by Crippen LogP contribution is -2.17. The second-order valence-corrected chi connectivity index (χ2v) is 6.28. The van der Waals surface area contributed by atoms with Crippen LogP contribution in [0.1, 0.15) is 11.4 Å². The Morgan fingerprint density at radius 3 is 2.50 bits per heavy atom. The van der Waals surface area contributed by atoms with Crippen molar-refractivity contribution in [3.63, 3.8) is 0 Å². The van der Waals surface area contributed by atoms with Gasteiger partial charge in [-0.2, -0.15) is 5.10 Å². The standard InChI is InChI=1S/C10H12N4O2S2/c11-14-9(12-13-10(14)17)7-18(15,16)6-8-4-2-1-3-5-8/h1-5H,6-7,11H2,(H,13,17). The predicted octanol–water partition coefficient (Wildman–Crippen LogP) is 0.769. The van der Waals surface area contributed by atoms with E-state index in [0.29, 0.717) is 0 Å². The minimum Gasteiger partial charge on any atom is -0.335 e. The van der Waals surface area contributed by atoms with E-state index in [0.717, 1.165) is 10.2 Å². The summed E-state index contributed by atoms with van der Waals surface area (Å²) in [4.78, 5) is 0. The van der Waals surface area contributed by atoms with Crippen LogP contribution in [0, 0.1) is 4.77 Å². The molecule has 96 valence electrons. The van der Waals surface area contributed by atoms with Crippen molar-refractivity contribution < 1.29 is 8.42 Å². The van der Waals surface area contributed by atoms with Gasteiger partial charge in [0.1, 0.15) is 5.75 Å². The maximum atomic E-state index is 12.0. The van der Waals surface area contributed by atoms with Crippen molar-refractivity contribution in [3.8, 4) is 0 Å². The van der Waals surface area contributed by atoms with Crippen LogP contribution in [-0.4, -0.2) is 23.3 Å². The fourth-order valence-corrected chi connectivity index (χ4v) is 3.07. The van der Waals surface area contributed by atoms with E-state index in [2.05, 4.69) is 10.2 Å². The molecule has 6 nitrogen and oxygen atoms in total. The van der Waals surface area contributed by atoms with Crippen LogP contribution in [0.5, 0.6) is 0 Å². The van der Waals surface area contributed by atoms with Crippen LogP contribution in [0.15, 0.2) is 30.3 Å². The van der Waals surface area contributed by atoms with Crippen LogP contribution >= 0.6 is 12.2 Å². The molecule has 0 spiro atoms. The average Bonchev–Trinajstić information content (AvgIpc) is 2.61. The quantitative estimate of drug-likeness (QED) is 0.639. The van der Waals surface area contributed by atoms with Crippen molar-refractivity contribution in [1.29, 1.82) is 0 Å². The van der Waals surface area contributed by atoms with Crippen molar-refractivity contribution in [2.24, 2.45) is 0 Å². The van der Waals surface area contributed by atoms with Crippen LogP contribution in [0.3, 0.4) is 0 Å². The second kappa shape index (κ2) is 4.91. The SMILES string of the molecule is Nn1c(CS(=O)(=O)Cc2ccccc2)n[nH]c1=S. The number of benzene rings is 1. The second-order valence-electron chi connectivity index (χ2n) is 3.83. The molecule has 0 aliphatic heterocycles. The Labute approximate surface area is 109 Å². The Kier molecular flexibility index (Phi) is 3.48. The van der Waals surface area contributed by atoms with E-state index in [1.807, 2.05) is 6.07 Å². The summed E-state index contributed by atoms with van der Waals surface area (Å²) in [6.45, 7) is 0. The minimum atomic E-state index is -3.33. The number of rotatable bonds is 4. The van der Waals surface area contributed by atoms with Crippen molar-refractivity contribution in [1.82, 2.24) is 14.9 Å². The number of hydrogen-bond donors (Lipinski definition) is 2. The monoisotopic (exact) mass is 284 g/mol. The van der Waals surface area contributed by atoms with Crippen LogP contribution in [0.2, 0.25) is 0 Å². The van der Waals surface area contributed by atoms with Gasteiger partial charge in [-0.3, -0.25) is 5.10 Å². The van der Waals surface area contributed by atoms with E-state index in [4.69, 9.17) is 18.1 Å².